The van der Waals surface area contributed by atoms with Crippen LogP contribution in [0.2, 0.25) is 0 Å². The van der Waals surface area contributed by atoms with Crippen molar-refractivity contribution in [1.29, 1.82) is 0 Å². The van der Waals surface area contributed by atoms with Gasteiger partial charge in [-0.25, -0.2) is 8.42 Å². The van der Waals surface area contributed by atoms with E-state index in [1.54, 1.807) is 6.92 Å². The van der Waals surface area contributed by atoms with Crippen molar-refractivity contribution < 1.29 is 174 Å². The smallest absolute Gasteiger partial charge is 0.726 e. The van der Waals surface area contributed by atoms with E-state index in [1.165, 1.54) is 19.4 Å². The molecule has 0 aromatic rings. The Labute approximate surface area is 532 Å². The molecule has 3 saturated carbocycles. The van der Waals surface area contributed by atoms with E-state index in [2.05, 4.69) is 44.9 Å². The van der Waals surface area contributed by atoms with E-state index < -0.39 is 225 Å². The maximum Gasteiger partial charge on any atom is 1.00 e. The fraction of sp³-hybridized carbons (Fsp3) is 0.929. The van der Waals surface area contributed by atoms with Crippen molar-refractivity contribution in [3.8, 4) is 0 Å². The quantitative estimate of drug-likeness (QED) is 0.0152. The summed E-state index contributed by atoms with van der Waals surface area (Å²) < 4.78 is 111. The molecule has 88 heavy (non-hydrogen) atoms. The average molecular weight is 1300 g/mol. The van der Waals surface area contributed by atoms with Gasteiger partial charge in [0.1, 0.15) is 122 Å². The number of carbonyl (C=O) groups excluding carboxylic acids is 2. The molecule has 0 aromatic heterocycles. The molecular weight excluding hydrogens is 1210 g/mol. The van der Waals surface area contributed by atoms with Crippen LogP contribution in [0.1, 0.15) is 93.9 Å². The molecule has 500 valence electrons. The van der Waals surface area contributed by atoms with E-state index in [0.717, 1.165) is 20.0 Å². The number of esters is 1. The number of fused-ring (bicyclic) bond motifs is 5. The summed E-state index contributed by atoms with van der Waals surface area (Å²) in [4.78, 5) is 25.8. The number of carbonyl (C=O) groups is 2. The molecular formula is C56H89NaO30S. The second kappa shape index (κ2) is 27.9. The van der Waals surface area contributed by atoms with Gasteiger partial charge in [0, 0.05) is 14.0 Å². The maximum absolute atomic E-state index is 13.4. The molecule has 32 atom stereocenters. The van der Waals surface area contributed by atoms with Crippen molar-refractivity contribution in [3.05, 3.63) is 11.6 Å². The number of aliphatic hydroxyl groups is 12. The number of aliphatic hydroxyl groups excluding tert-OH is 12. The topological polar surface area (TPSA) is 454 Å². The van der Waals surface area contributed by atoms with Crippen molar-refractivity contribution >= 4 is 22.2 Å². The Balaban J connectivity index is 0.0000100. The Bertz CT molecular complexity index is 2550. The van der Waals surface area contributed by atoms with E-state index in [0.29, 0.717) is 25.7 Å². The summed E-state index contributed by atoms with van der Waals surface area (Å²) in [5.74, 6) is -0.925. The van der Waals surface area contributed by atoms with Crippen molar-refractivity contribution in [1.82, 2.24) is 0 Å². The monoisotopic (exact) mass is 1300 g/mol. The van der Waals surface area contributed by atoms with Crippen LogP contribution in [0.25, 0.3) is 0 Å². The zero-order chi connectivity index (χ0) is 63.9. The Morgan fingerprint density at radius 2 is 1.18 bits per heavy atom. The number of hydrogen-bond donors (Lipinski definition) is 12. The molecule has 0 amide bonds. The number of ketones is 1. The molecule has 0 bridgehead atoms. The first-order chi connectivity index (χ1) is 40.7. The molecule has 4 aliphatic carbocycles. The number of methoxy groups -OCH3 is 1. The first-order valence-electron chi connectivity index (χ1n) is 29.7. The van der Waals surface area contributed by atoms with E-state index in [4.69, 9.17) is 56.8 Å². The predicted octanol–water partition coefficient (Wildman–Crippen LogP) is -6.99. The zero-order valence-electron chi connectivity index (χ0n) is 51.0. The van der Waals surface area contributed by atoms with Gasteiger partial charge in [-0.1, -0.05) is 46.3 Å². The molecule has 0 unspecified atom stereocenters. The molecule has 5 saturated heterocycles. The van der Waals surface area contributed by atoms with Crippen LogP contribution in [0.4, 0.5) is 0 Å². The van der Waals surface area contributed by atoms with E-state index in [9.17, 15) is 83.8 Å². The summed E-state index contributed by atoms with van der Waals surface area (Å²) in [6.45, 7) is 11.7. The van der Waals surface area contributed by atoms with Gasteiger partial charge in [-0.05, 0) is 85.9 Å². The predicted molar refractivity (Wildman–Crippen MR) is 286 cm³/mol. The van der Waals surface area contributed by atoms with E-state index in [1.807, 2.05) is 0 Å². The number of ether oxygens (including phenoxy) is 12. The molecule has 9 rings (SSSR count). The van der Waals surface area contributed by atoms with Gasteiger partial charge in [0.25, 0.3) is 0 Å². The SMILES string of the molecule is CO[C@@H]1[C@@H](O)[C@H](O[C@@H]2[C@@H](O)[C@H](O[C@@H]3CO[C@@H](O[C@H]4CC[C@]5(C)C6=CC[C@]7(C)[C@@H](C(C)=O)[C@H](OC(C)=O)C[C@@]7(C)[C@@H]6CC[C@H]5C4(C)C)[C@H](O[C@@H]4O[C@H](C)[C@@H](O[C@@H]5O[C@H](CO)[C@@H](O)[C@H](O)[C@H]5O)[C@H](O)[C@H]4O)[C@H]3O)O[C@H](COS(=O)(=O)[O-])[C@H]2O)O[C@H](CO)[C@H]1O.[Na+]. The molecule has 9 aliphatic rings. The second-order valence-electron chi connectivity index (χ2n) is 26.4. The third kappa shape index (κ3) is 13.4. The second-order valence-corrected chi connectivity index (χ2v) is 27.5. The minimum Gasteiger partial charge on any atom is -0.726 e. The maximum atomic E-state index is 13.4. The van der Waals surface area contributed by atoms with Crippen molar-refractivity contribution in [2.75, 3.05) is 33.5 Å². The third-order valence-corrected chi connectivity index (χ3v) is 21.5. The standard InChI is InChI=1S/C56H90O30S.Na/c1-21(59)33-26(78-23(3)60)16-56(8)25-10-11-31-53(4,5)32(13-14-54(31,6)24(25)12-15-55(33,56)7)83-52-47(86-48-41(68)39(66)44(22(2)77-48)84-49-40(67)38(65)34(61)27(17-57)79-49)37(64)29(19-75-52)81-50-43(70)46(36(63)30(82-50)20-76-87(71,72)73)85-51-42(69)45(74-9)35(62)28(18-58)80-51;/h12,22,25-52,57-58,61-70H,10-11,13-20H2,1-9H3,(H,71,72,73);/q;+1/p-1/t22-,25-,26-,27-,28-,29-,30-,31+,32+,33+,34-,35-,36-,37+,38+,39-,40-,41-,42-,43-,44-,45+,46+,47-,48+,49+,50-,51+,52+,54-,55-,56+;/m1./s1. The zero-order valence-corrected chi connectivity index (χ0v) is 53.8. The Morgan fingerprint density at radius 1 is 0.625 bits per heavy atom. The molecule has 5 aliphatic heterocycles. The Kier molecular flexibility index (Phi) is 23.0. The first-order valence-corrected chi connectivity index (χ1v) is 31.1. The van der Waals surface area contributed by atoms with Crippen molar-refractivity contribution in [2.45, 2.75) is 254 Å². The molecule has 8 fully saturated rings. The molecule has 5 heterocycles. The van der Waals surface area contributed by atoms with E-state index >= 15 is 0 Å². The van der Waals surface area contributed by atoms with Crippen LogP contribution in [0.3, 0.4) is 0 Å². The van der Waals surface area contributed by atoms with Gasteiger partial charge >= 0.3 is 35.5 Å². The van der Waals surface area contributed by atoms with Gasteiger partial charge in [-0.2, -0.15) is 0 Å². The van der Waals surface area contributed by atoms with Gasteiger partial charge in [0.15, 0.2) is 31.5 Å². The average Bonchev–Trinajstić information content (AvgIpc) is 1.37. The van der Waals surface area contributed by atoms with Crippen LogP contribution in [0.15, 0.2) is 11.6 Å². The first kappa shape index (κ1) is 72.7. The number of hydrogen-bond acceptors (Lipinski definition) is 30. The normalized spacial score (nSPS) is 50.3. The summed E-state index contributed by atoms with van der Waals surface area (Å²) in [6, 6.07) is 0. The van der Waals surface area contributed by atoms with Gasteiger partial charge < -0.3 is 123 Å². The number of Topliss-reactive ketones (excluding diaryl/α,β-unsaturated/α-hetero) is 1. The van der Waals surface area contributed by atoms with Gasteiger partial charge in [-0.15, -0.1) is 0 Å². The number of allylic oxidation sites excluding steroid dienone is 2. The van der Waals surface area contributed by atoms with Crippen molar-refractivity contribution in [2.24, 2.45) is 39.4 Å². The van der Waals surface area contributed by atoms with Crippen molar-refractivity contribution in [3.63, 3.8) is 0 Å². The summed E-state index contributed by atoms with van der Waals surface area (Å²) in [7, 11) is -4.32. The molecule has 0 spiro atoms. The third-order valence-electron chi connectivity index (χ3n) is 21.1. The molecule has 12 N–H and O–H groups in total. The summed E-state index contributed by atoms with van der Waals surface area (Å²) in [6.07, 6.45) is -37.9. The minimum atomic E-state index is -5.45. The van der Waals surface area contributed by atoms with Gasteiger partial charge in [-0.3, -0.25) is 13.8 Å². The molecule has 0 radical (unpaired) electrons. The van der Waals surface area contributed by atoms with Crippen LogP contribution < -0.4 is 29.6 Å². The molecule has 30 nitrogen and oxygen atoms in total. The minimum absolute atomic E-state index is 0. The fourth-order valence-corrected chi connectivity index (χ4v) is 16.6. The van der Waals surface area contributed by atoms with Gasteiger partial charge in [0.05, 0.1) is 44.6 Å². The van der Waals surface area contributed by atoms with Crippen LogP contribution in [0, 0.1) is 39.4 Å². The summed E-state index contributed by atoms with van der Waals surface area (Å²) in [5.41, 5.74) is -0.656. The van der Waals surface area contributed by atoms with Crippen LogP contribution in [0.5, 0.6) is 0 Å². The van der Waals surface area contributed by atoms with Crippen LogP contribution >= 0.6 is 0 Å². The largest absolute Gasteiger partial charge is 1.00 e. The van der Waals surface area contributed by atoms with Crippen LogP contribution in [-0.2, 0) is 81.0 Å². The summed E-state index contributed by atoms with van der Waals surface area (Å²) in [5, 5.41) is 132. The Morgan fingerprint density at radius 3 is 1.80 bits per heavy atom. The fourth-order valence-electron chi connectivity index (χ4n) is 16.3. The van der Waals surface area contributed by atoms with E-state index in [-0.39, 0.29) is 52.6 Å². The van der Waals surface area contributed by atoms with Gasteiger partial charge in [0.2, 0.25) is 10.4 Å². The molecule has 0 aromatic carbocycles. The molecule has 32 heteroatoms. The number of rotatable bonds is 18. The Hall–Kier alpha value is -1.17. The summed E-state index contributed by atoms with van der Waals surface area (Å²) >= 11 is 0. The van der Waals surface area contributed by atoms with Crippen LogP contribution in [-0.4, -0.2) is 279 Å².